The van der Waals surface area contributed by atoms with E-state index in [0.29, 0.717) is 5.52 Å². The summed E-state index contributed by atoms with van der Waals surface area (Å²) in [5, 5.41) is 1.74. The molecular weight excluding hydrogens is 348 g/mol. The van der Waals surface area contributed by atoms with Crippen LogP contribution in [0.2, 0.25) is 0 Å². The van der Waals surface area contributed by atoms with Crippen molar-refractivity contribution in [2.75, 3.05) is 0 Å². The Morgan fingerprint density at radius 2 is 1.58 bits per heavy atom. The molecular formula is C20H18N2O3S. The molecule has 4 aromatic rings. The number of hydrogen-bond donors (Lipinski definition) is 0. The second kappa shape index (κ2) is 5.57. The van der Waals surface area contributed by atoms with Crippen molar-refractivity contribution in [2.45, 2.75) is 18.7 Å². The summed E-state index contributed by atoms with van der Waals surface area (Å²) >= 11 is 0. The number of aryl methyl sites for hydroxylation is 3. The molecule has 0 atom stereocenters. The second-order valence-corrected chi connectivity index (χ2v) is 8.35. The molecule has 0 aliphatic heterocycles. The maximum Gasteiger partial charge on any atom is 0.289 e. The molecule has 0 saturated carbocycles. The van der Waals surface area contributed by atoms with Gasteiger partial charge < -0.3 is 4.57 Å². The standard InChI is InChI=1S/C20H18N2O3S/c1-13-8-10-15(11-9-13)26(24,25)22-12-14(2)18-16-6-4-5-7-17(16)21(3)19(18)20(22)23/h4-12H,1-3H3. The highest BCUT2D eigenvalue weighted by atomic mass is 32.2. The van der Waals surface area contributed by atoms with Crippen molar-refractivity contribution in [2.24, 2.45) is 7.05 Å². The lowest BCUT2D eigenvalue weighted by molar-refractivity contribution is 0.585. The lowest BCUT2D eigenvalue weighted by Crippen LogP contribution is -2.28. The molecule has 2 aromatic heterocycles. The van der Waals surface area contributed by atoms with Crippen molar-refractivity contribution in [1.82, 2.24) is 8.54 Å². The minimum absolute atomic E-state index is 0.0997. The van der Waals surface area contributed by atoms with Crippen LogP contribution in [0.4, 0.5) is 0 Å². The van der Waals surface area contributed by atoms with E-state index < -0.39 is 15.6 Å². The molecule has 132 valence electrons. The van der Waals surface area contributed by atoms with Crippen LogP contribution in [0, 0.1) is 13.8 Å². The number of fused-ring (bicyclic) bond motifs is 3. The fourth-order valence-corrected chi connectivity index (χ4v) is 4.76. The normalized spacial score (nSPS) is 12.1. The Morgan fingerprint density at radius 1 is 0.923 bits per heavy atom. The van der Waals surface area contributed by atoms with Gasteiger partial charge in [-0.3, -0.25) is 4.79 Å². The van der Waals surface area contributed by atoms with Crippen molar-refractivity contribution >= 4 is 31.8 Å². The first-order valence-corrected chi connectivity index (χ1v) is 9.68. The maximum atomic E-state index is 13.1. The molecule has 4 rings (SSSR count). The molecule has 0 aliphatic rings. The Balaban J connectivity index is 2.11. The third-order valence-corrected chi connectivity index (χ3v) is 6.45. The summed E-state index contributed by atoms with van der Waals surface area (Å²) in [6, 6.07) is 14.2. The summed E-state index contributed by atoms with van der Waals surface area (Å²) < 4.78 is 28.7. The van der Waals surface area contributed by atoms with Gasteiger partial charge in [-0.05, 0) is 37.6 Å². The van der Waals surface area contributed by atoms with Gasteiger partial charge in [0, 0.05) is 29.5 Å². The van der Waals surface area contributed by atoms with Gasteiger partial charge in [-0.1, -0.05) is 35.9 Å². The van der Waals surface area contributed by atoms with Gasteiger partial charge >= 0.3 is 0 Å². The molecule has 2 aromatic carbocycles. The van der Waals surface area contributed by atoms with E-state index in [1.807, 2.05) is 38.1 Å². The van der Waals surface area contributed by atoms with Gasteiger partial charge in [0.1, 0.15) is 5.52 Å². The summed E-state index contributed by atoms with van der Waals surface area (Å²) in [6.45, 7) is 3.71. The molecule has 0 unspecified atom stereocenters. The number of aromatic nitrogens is 2. The number of hydrogen-bond acceptors (Lipinski definition) is 3. The minimum Gasteiger partial charge on any atom is -0.339 e. The average molecular weight is 366 g/mol. The van der Waals surface area contributed by atoms with Crippen LogP contribution in [0.1, 0.15) is 11.1 Å². The van der Waals surface area contributed by atoms with E-state index >= 15 is 0 Å². The highest BCUT2D eigenvalue weighted by Crippen LogP contribution is 2.29. The van der Waals surface area contributed by atoms with Crippen LogP contribution in [0.25, 0.3) is 21.8 Å². The van der Waals surface area contributed by atoms with Crippen molar-refractivity contribution in [3.05, 3.63) is 76.2 Å². The number of para-hydroxylation sites is 1. The van der Waals surface area contributed by atoms with Crippen molar-refractivity contribution in [3.8, 4) is 0 Å². The first kappa shape index (κ1) is 16.6. The van der Waals surface area contributed by atoms with Gasteiger partial charge in [0.25, 0.3) is 15.6 Å². The van der Waals surface area contributed by atoms with E-state index in [0.717, 1.165) is 31.4 Å². The Morgan fingerprint density at radius 3 is 2.27 bits per heavy atom. The van der Waals surface area contributed by atoms with Gasteiger partial charge in [0.05, 0.1) is 4.90 Å². The van der Waals surface area contributed by atoms with Gasteiger partial charge in [-0.15, -0.1) is 0 Å². The number of nitrogens with zero attached hydrogens (tertiary/aromatic N) is 2. The van der Waals surface area contributed by atoms with E-state index in [-0.39, 0.29) is 4.90 Å². The molecule has 0 aliphatic carbocycles. The maximum absolute atomic E-state index is 13.1. The molecule has 6 heteroatoms. The fourth-order valence-electron chi connectivity index (χ4n) is 3.45. The van der Waals surface area contributed by atoms with Crippen LogP contribution in [0.5, 0.6) is 0 Å². The van der Waals surface area contributed by atoms with Crippen molar-refractivity contribution in [3.63, 3.8) is 0 Å². The Labute approximate surface area is 151 Å². The quantitative estimate of drug-likeness (QED) is 0.547. The summed E-state index contributed by atoms with van der Waals surface area (Å²) in [5.41, 5.74) is 2.45. The molecule has 0 amide bonds. The molecule has 0 N–H and O–H groups in total. The van der Waals surface area contributed by atoms with Gasteiger partial charge in [-0.2, -0.15) is 0 Å². The van der Waals surface area contributed by atoms with Crippen LogP contribution >= 0.6 is 0 Å². The molecule has 0 bridgehead atoms. The highest BCUT2D eigenvalue weighted by Gasteiger charge is 2.23. The van der Waals surface area contributed by atoms with Gasteiger partial charge in [0.15, 0.2) is 0 Å². The zero-order valence-corrected chi connectivity index (χ0v) is 15.5. The molecule has 2 heterocycles. The third-order valence-electron chi connectivity index (χ3n) is 4.79. The third kappa shape index (κ3) is 2.22. The van der Waals surface area contributed by atoms with E-state index in [2.05, 4.69) is 0 Å². The SMILES string of the molecule is Cc1ccc(S(=O)(=O)n2cc(C)c3c4ccccc4n(C)c3c2=O)cc1. The van der Waals surface area contributed by atoms with Crippen LogP contribution in [0.3, 0.4) is 0 Å². The van der Waals surface area contributed by atoms with E-state index in [9.17, 15) is 13.2 Å². The second-order valence-electron chi connectivity index (χ2n) is 6.53. The smallest absolute Gasteiger partial charge is 0.289 e. The van der Waals surface area contributed by atoms with Gasteiger partial charge in [-0.25, -0.2) is 12.4 Å². The molecule has 0 radical (unpaired) electrons. The van der Waals surface area contributed by atoms with E-state index in [1.54, 1.807) is 23.7 Å². The monoisotopic (exact) mass is 366 g/mol. The van der Waals surface area contributed by atoms with Gasteiger partial charge in [0.2, 0.25) is 0 Å². The number of pyridine rings is 1. The van der Waals surface area contributed by atoms with Crippen molar-refractivity contribution in [1.29, 1.82) is 0 Å². The Hall–Kier alpha value is -2.86. The van der Waals surface area contributed by atoms with Crippen LogP contribution in [-0.4, -0.2) is 17.0 Å². The van der Waals surface area contributed by atoms with Crippen LogP contribution in [-0.2, 0) is 17.1 Å². The predicted octanol–water partition coefficient (Wildman–Crippen LogP) is 3.35. The van der Waals surface area contributed by atoms with Crippen molar-refractivity contribution < 1.29 is 8.42 Å². The van der Waals surface area contributed by atoms with E-state index in [1.165, 1.54) is 18.3 Å². The largest absolute Gasteiger partial charge is 0.339 e. The highest BCUT2D eigenvalue weighted by molar-refractivity contribution is 7.90. The Bertz CT molecular complexity index is 1330. The Kier molecular flexibility index (Phi) is 3.56. The molecule has 26 heavy (non-hydrogen) atoms. The zero-order valence-electron chi connectivity index (χ0n) is 14.7. The number of rotatable bonds is 2. The molecule has 0 spiro atoms. The topological polar surface area (TPSA) is 61.1 Å². The summed E-state index contributed by atoms with van der Waals surface area (Å²) in [5.74, 6) is 0. The minimum atomic E-state index is -3.96. The molecule has 0 saturated heterocycles. The van der Waals surface area contributed by atoms with Crippen LogP contribution < -0.4 is 5.56 Å². The summed E-state index contributed by atoms with van der Waals surface area (Å²) in [4.78, 5) is 13.2. The van der Waals surface area contributed by atoms with E-state index in [4.69, 9.17) is 0 Å². The number of benzene rings is 2. The average Bonchev–Trinajstić information content (AvgIpc) is 2.92. The lowest BCUT2D eigenvalue weighted by atomic mass is 10.1. The summed E-state index contributed by atoms with van der Waals surface area (Å²) in [7, 11) is -2.18. The first-order chi connectivity index (χ1) is 12.3. The van der Waals surface area contributed by atoms with Crippen LogP contribution in [0.15, 0.2) is 64.4 Å². The fraction of sp³-hybridized carbons (Fsp3) is 0.150. The first-order valence-electron chi connectivity index (χ1n) is 8.24. The predicted molar refractivity (Wildman–Crippen MR) is 103 cm³/mol. The zero-order chi connectivity index (χ0) is 18.6. The lowest BCUT2D eigenvalue weighted by Gasteiger charge is -2.10. The summed E-state index contributed by atoms with van der Waals surface area (Å²) in [6.07, 6.45) is 1.42. The molecule has 0 fully saturated rings. The molecule has 5 nitrogen and oxygen atoms in total.